The van der Waals surface area contributed by atoms with Gasteiger partial charge in [-0.25, -0.2) is 0 Å². The summed E-state index contributed by atoms with van der Waals surface area (Å²) in [6.45, 7) is 4.04. The van der Waals surface area contributed by atoms with Gasteiger partial charge in [-0.2, -0.15) is 0 Å². The van der Waals surface area contributed by atoms with Crippen LogP contribution in [0.2, 0.25) is 5.02 Å². The number of nitrogens with one attached hydrogen (secondary N) is 1. The van der Waals surface area contributed by atoms with Crippen molar-refractivity contribution in [3.05, 3.63) is 58.1 Å². The number of ether oxygens (including phenoxy) is 2. The number of halogens is 1. The molecule has 2 aromatic rings. The highest BCUT2D eigenvalue weighted by Crippen LogP contribution is 2.36. The van der Waals surface area contributed by atoms with Crippen molar-refractivity contribution in [1.82, 2.24) is 0 Å². The van der Waals surface area contributed by atoms with E-state index in [9.17, 15) is 4.79 Å². The molecule has 4 nitrogen and oxygen atoms in total. The monoisotopic (exact) mass is 345 g/mol. The van der Waals surface area contributed by atoms with E-state index in [0.29, 0.717) is 16.5 Å². The van der Waals surface area contributed by atoms with Crippen LogP contribution in [-0.2, 0) is 4.79 Å². The van der Waals surface area contributed by atoms with Gasteiger partial charge in [0.1, 0.15) is 0 Å². The van der Waals surface area contributed by atoms with E-state index in [-0.39, 0.29) is 5.91 Å². The first-order valence-electron chi connectivity index (χ1n) is 7.42. The van der Waals surface area contributed by atoms with Crippen molar-refractivity contribution in [3.63, 3.8) is 0 Å². The number of aryl methyl sites for hydroxylation is 2. The predicted octanol–water partition coefficient (Wildman–Crippen LogP) is 4.63. The molecule has 0 saturated carbocycles. The van der Waals surface area contributed by atoms with Crippen molar-refractivity contribution in [2.75, 3.05) is 19.5 Å². The van der Waals surface area contributed by atoms with Crippen LogP contribution in [0.15, 0.2) is 36.4 Å². The summed E-state index contributed by atoms with van der Waals surface area (Å²) in [5.74, 6) is 0.763. The molecular weight excluding hydrogens is 326 g/mol. The first-order valence-corrected chi connectivity index (χ1v) is 7.80. The lowest BCUT2D eigenvalue weighted by molar-refractivity contribution is -0.111. The normalized spacial score (nSPS) is 10.7. The Balaban J connectivity index is 2.13. The molecule has 2 aromatic carbocycles. The lowest BCUT2D eigenvalue weighted by Gasteiger charge is -2.10. The van der Waals surface area contributed by atoms with Crippen molar-refractivity contribution in [2.45, 2.75) is 13.8 Å². The SMILES string of the molecule is COc1cc(/C=C/C(=O)Nc2ccc(C)c(C)c2)cc(Cl)c1OC. The van der Waals surface area contributed by atoms with Crippen molar-refractivity contribution in [3.8, 4) is 11.5 Å². The number of rotatable bonds is 5. The van der Waals surface area contributed by atoms with Crippen LogP contribution >= 0.6 is 11.6 Å². The van der Waals surface area contributed by atoms with Crippen LogP contribution in [-0.4, -0.2) is 20.1 Å². The van der Waals surface area contributed by atoms with Gasteiger partial charge in [0, 0.05) is 11.8 Å². The molecule has 0 unspecified atom stereocenters. The van der Waals surface area contributed by atoms with Crippen molar-refractivity contribution in [1.29, 1.82) is 0 Å². The zero-order valence-corrected chi connectivity index (χ0v) is 14.9. The Bertz CT molecular complexity index is 784. The van der Waals surface area contributed by atoms with Crippen molar-refractivity contribution >= 4 is 29.3 Å². The number of amides is 1. The molecule has 0 spiro atoms. The average molecular weight is 346 g/mol. The number of carbonyl (C=O) groups excluding carboxylic acids is 1. The molecule has 0 fully saturated rings. The summed E-state index contributed by atoms with van der Waals surface area (Å²) in [4.78, 5) is 12.1. The Morgan fingerprint density at radius 2 is 1.83 bits per heavy atom. The van der Waals surface area contributed by atoms with E-state index in [0.717, 1.165) is 16.8 Å². The summed E-state index contributed by atoms with van der Waals surface area (Å²) >= 11 is 6.15. The maximum Gasteiger partial charge on any atom is 0.248 e. The molecule has 0 aliphatic heterocycles. The summed E-state index contributed by atoms with van der Waals surface area (Å²) < 4.78 is 10.4. The van der Waals surface area contributed by atoms with Crippen LogP contribution < -0.4 is 14.8 Å². The van der Waals surface area contributed by atoms with Gasteiger partial charge in [-0.3, -0.25) is 4.79 Å². The van der Waals surface area contributed by atoms with Gasteiger partial charge in [0.15, 0.2) is 11.5 Å². The first kappa shape index (κ1) is 17.9. The standard InChI is InChI=1S/C19H20ClNO3/c1-12-5-7-15(9-13(12)2)21-18(22)8-6-14-10-16(20)19(24-4)17(11-14)23-3/h5-11H,1-4H3,(H,21,22)/b8-6+. The minimum atomic E-state index is -0.218. The third kappa shape index (κ3) is 4.30. The molecule has 0 radical (unpaired) electrons. The molecule has 2 rings (SSSR count). The molecule has 0 heterocycles. The Morgan fingerprint density at radius 1 is 1.08 bits per heavy atom. The second kappa shape index (κ2) is 7.88. The van der Waals surface area contributed by atoms with Gasteiger partial charge in [0.25, 0.3) is 0 Å². The topological polar surface area (TPSA) is 47.6 Å². The van der Waals surface area contributed by atoms with E-state index < -0.39 is 0 Å². The van der Waals surface area contributed by atoms with E-state index in [4.69, 9.17) is 21.1 Å². The second-order valence-corrected chi connectivity index (χ2v) is 5.77. The van der Waals surface area contributed by atoms with E-state index >= 15 is 0 Å². The Morgan fingerprint density at radius 3 is 2.46 bits per heavy atom. The lowest BCUT2D eigenvalue weighted by atomic mass is 10.1. The van der Waals surface area contributed by atoms with Crippen molar-refractivity contribution in [2.24, 2.45) is 0 Å². The predicted molar refractivity (Wildman–Crippen MR) is 98.1 cm³/mol. The van der Waals surface area contributed by atoms with Gasteiger partial charge in [-0.1, -0.05) is 17.7 Å². The van der Waals surface area contributed by atoms with Crippen LogP contribution in [0.1, 0.15) is 16.7 Å². The van der Waals surface area contributed by atoms with Gasteiger partial charge in [0.2, 0.25) is 5.91 Å². The molecule has 0 aromatic heterocycles. The smallest absolute Gasteiger partial charge is 0.248 e. The maximum atomic E-state index is 12.1. The molecule has 0 atom stereocenters. The third-order valence-corrected chi connectivity index (χ3v) is 3.94. The summed E-state index contributed by atoms with van der Waals surface area (Å²) in [5, 5.41) is 3.25. The molecular formula is C19H20ClNO3. The van der Waals surface area contributed by atoms with Crippen LogP contribution in [0.5, 0.6) is 11.5 Å². The number of hydrogen-bond donors (Lipinski definition) is 1. The van der Waals surface area contributed by atoms with Gasteiger partial charge >= 0.3 is 0 Å². The minimum absolute atomic E-state index is 0.218. The van der Waals surface area contributed by atoms with E-state index in [2.05, 4.69) is 5.32 Å². The summed E-state index contributed by atoms with van der Waals surface area (Å²) in [6, 6.07) is 9.26. The highest BCUT2D eigenvalue weighted by Gasteiger charge is 2.10. The fourth-order valence-corrected chi connectivity index (χ4v) is 2.51. The van der Waals surface area contributed by atoms with Gasteiger partial charge in [-0.05, 0) is 60.9 Å². The van der Waals surface area contributed by atoms with E-state index in [1.54, 1.807) is 18.2 Å². The van der Waals surface area contributed by atoms with E-state index in [1.807, 2.05) is 32.0 Å². The number of hydrogen-bond acceptors (Lipinski definition) is 3. The van der Waals surface area contributed by atoms with Crippen LogP contribution in [0.3, 0.4) is 0 Å². The molecule has 0 saturated heterocycles. The minimum Gasteiger partial charge on any atom is -0.493 e. The molecule has 0 aliphatic carbocycles. The zero-order chi connectivity index (χ0) is 17.7. The van der Waals surface area contributed by atoms with E-state index in [1.165, 1.54) is 25.9 Å². The second-order valence-electron chi connectivity index (χ2n) is 5.36. The quantitative estimate of drug-likeness (QED) is 0.804. The number of anilines is 1. The largest absolute Gasteiger partial charge is 0.493 e. The lowest BCUT2D eigenvalue weighted by Crippen LogP contribution is -2.07. The summed E-state index contributed by atoms with van der Waals surface area (Å²) in [7, 11) is 3.06. The van der Waals surface area contributed by atoms with Crippen LogP contribution in [0.25, 0.3) is 6.08 Å². The number of carbonyl (C=O) groups is 1. The maximum absolute atomic E-state index is 12.1. The van der Waals surface area contributed by atoms with Crippen LogP contribution in [0.4, 0.5) is 5.69 Å². The fourth-order valence-electron chi connectivity index (χ4n) is 2.21. The Kier molecular flexibility index (Phi) is 5.88. The number of methoxy groups -OCH3 is 2. The summed E-state index contributed by atoms with van der Waals surface area (Å²) in [5.41, 5.74) is 3.82. The van der Waals surface area contributed by atoms with Gasteiger partial charge in [-0.15, -0.1) is 0 Å². The molecule has 0 aliphatic rings. The van der Waals surface area contributed by atoms with Gasteiger partial charge in [0.05, 0.1) is 19.2 Å². The van der Waals surface area contributed by atoms with Crippen LogP contribution in [0, 0.1) is 13.8 Å². The first-order chi connectivity index (χ1) is 11.4. The molecule has 5 heteroatoms. The summed E-state index contributed by atoms with van der Waals surface area (Å²) in [6.07, 6.45) is 3.12. The van der Waals surface area contributed by atoms with Crippen molar-refractivity contribution < 1.29 is 14.3 Å². The zero-order valence-electron chi connectivity index (χ0n) is 14.1. The Labute approximate surface area is 147 Å². The molecule has 0 bridgehead atoms. The van der Waals surface area contributed by atoms with Gasteiger partial charge < -0.3 is 14.8 Å². The average Bonchev–Trinajstić information content (AvgIpc) is 2.55. The molecule has 1 amide bonds. The molecule has 1 N–H and O–H groups in total. The highest BCUT2D eigenvalue weighted by molar-refractivity contribution is 6.32. The highest BCUT2D eigenvalue weighted by atomic mass is 35.5. The molecule has 24 heavy (non-hydrogen) atoms. The Hall–Kier alpha value is -2.46. The number of benzene rings is 2. The fraction of sp³-hybridized carbons (Fsp3) is 0.211. The molecule has 126 valence electrons. The third-order valence-electron chi connectivity index (χ3n) is 3.66.